The van der Waals surface area contributed by atoms with Crippen LogP contribution in [0.5, 0.6) is 0 Å². The first-order chi connectivity index (χ1) is 6.93. The van der Waals surface area contributed by atoms with Gasteiger partial charge in [-0.15, -0.1) is 0 Å². The molecule has 1 N–H and O–H groups in total. The molecule has 1 amide bonds. The standard InChI is InChI=1S/C12H25NO2/c1-5-6-7-8-13(9-10-14)11(15)12(2,3)4/h14H,5-10H2,1-4H3. The molecule has 3 nitrogen and oxygen atoms in total. The number of unbranched alkanes of at least 4 members (excludes halogenated alkanes) is 2. The van der Waals surface area contributed by atoms with E-state index in [4.69, 9.17) is 5.11 Å². The molecule has 0 aromatic heterocycles. The summed E-state index contributed by atoms with van der Waals surface area (Å²) in [4.78, 5) is 13.7. The molecule has 0 spiro atoms. The molecule has 0 radical (unpaired) electrons. The molecule has 0 bridgehead atoms. The van der Waals surface area contributed by atoms with Crippen LogP contribution < -0.4 is 0 Å². The molecule has 0 aromatic rings. The van der Waals surface area contributed by atoms with Crippen molar-refractivity contribution in [3.8, 4) is 0 Å². The molecule has 0 atom stereocenters. The van der Waals surface area contributed by atoms with E-state index in [-0.39, 0.29) is 17.9 Å². The van der Waals surface area contributed by atoms with Gasteiger partial charge in [-0.3, -0.25) is 4.79 Å². The van der Waals surface area contributed by atoms with Gasteiger partial charge in [0.2, 0.25) is 5.91 Å². The van der Waals surface area contributed by atoms with Crippen LogP contribution in [0.25, 0.3) is 0 Å². The minimum Gasteiger partial charge on any atom is -0.395 e. The van der Waals surface area contributed by atoms with E-state index in [1.165, 1.54) is 0 Å². The SMILES string of the molecule is CCCCCN(CCO)C(=O)C(C)(C)C. The van der Waals surface area contributed by atoms with Crippen molar-refractivity contribution in [3.63, 3.8) is 0 Å². The Kier molecular flexibility index (Phi) is 6.57. The highest BCUT2D eigenvalue weighted by Crippen LogP contribution is 2.17. The summed E-state index contributed by atoms with van der Waals surface area (Å²) < 4.78 is 0. The largest absolute Gasteiger partial charge is 0.395 e. The minimum atomic E-state index is -0.346. The molecule has 0 aromatic carbocycles. The number of hydrogen-bond donors (Lipinski definition) is 1. The summed E-state index contributed by atoms with van der Waals surface area (Å²) in [6, 6.07) is 0. The van der Waals surface area contributed by atoms with Gasteiger partial charge in [0.05, 0.1) is 6.61 Å². The number of hydrogen-bond acceptors (Lipinski definition) is 2. The Hall–Kier alpha value is -0.570. The maximum atomic E-state index is 12.0. The Morgan fingerprint density at radius 1 is 1.20 bits per heavy atom. The van der Waals surface area contributed by atoms with E-state index in [0.29, 0.717) is 6.54 Å². The summed E-state index contributed by atoms with van der Waals surface area (Å²) in [6.07, 6.45) is 3.31. The van der Waals surface area contributed by atoms with Gasteiger partial charge in [0.25, 0.3) is 0 Å². The topological polar surface area (TPSA) is 40.5 Å². The third-order valence-electron chi connectivity index (χ3n) is 2.33. The zero-order valence-electron chi connectivity index (χ0n) is 10.5. The molecule has 0 saturated heterocycles. The molecule has 0 unspecified atom stereocenters. The monoisotopic (exact) mass is 215 g/mol. The fraction of sp³-hybridized carbons (Fsp3) is 0.917. The van der Waals surface area contributed by atoms with E-state index < -0.39 is 0 Å². The highest BCUT2D eigenvalue weighted by Gasteiger charge is 2.26. The number of amides is 1. The summed E-state index contributed by atoms with van der Waals surface area (Å²) >= 11 is 0. The van der Waals surface area contributed by atoms with Gasteiger partial charge in [-0.2, -0.15) is 0 Å². The zero-order valence-corrected chi connectivity index (χ0v) is 10.5. The molecular formula is C12H25NO2. The fourth-order valence-electron chi connectivity index (χ4n) is 1.46. The van der Waals surface area contributed by atoms with Crippen molar-refractivity contribution >= 4 is 5.91 Å². The number of nitrogens with zero attached hydrogens (tertiary/aromatic N) is 1. The lowest BCUT2D eigenvalue weighted by atomic mass is 9.94. The summed E-state index contributed by atoms with van der Waals surface area (Å²) in [6.45, 7) is 9.17. The first-order valence-electron chi connectivity index (χ1n) is 5.83. The molecule has 15 heavy (non-hydrogen) atoms. The van der Waals surface area contributed by atoms with E-state index in [9.17, 15) is 4.79 Å². The van der Waals surface area contributed by atoms with Crippen LogP contribution in [0.1, 0.15) is 47.0 Å². The van der Waals surface area contributed by atoms with Crippen LogP contribution in [0.4, 0.5) is 0 Å². The van der Waals surface area contributed by atoms with Crippen molar-refractivity contribution in [2.45, 2.75) is 47.0 Å². The number of carbonyl (C=O) groups excluding carboxylic acids is 1. The highest BCUT2D eigenvalue weighted by molar-refractivity contribution is 5.81. The molecule has 0 aliphatic rings. The Morgan fingerprint density at radius 3 is 2.20 bits per heavy atom. The number of aliphatic hydroxyl groups excluding tert-OH is 1. The predicted octanol–water partition coefficient (Wildman–Crippen LogP) is 2.04. The van der Waals surface area contributed by atoms with Crippen molar-refractivity contribution in [2.24, 2.45) is 5.41 Å². The van der Waals surface area contributed by atoms with E-state index >= 15 is 0 Å². The quantitative estimate of drug-likeness (QED) is 0.689. The van der Waals surface area contributed by atoms with Crippen LogP contribution in [-0.4, -0.2) is 35.6 Å². The molecule has 0 fully saturated rings. The van der Waals surface area contributed by atoms with Crippen LogP contribution in [0, 0.1) is 5.41 Å². The maximum absolute atomic E-state index is 12.0. The molecule has 0 aliphatic heterocycles. The minimum absolute atomic E-state index is 0.0495. The van der Waals surface area contributed by atoms with Crippen LogP contribution in [-0.2, 0) is 4.79 Å². The van der Waals surface area contributed by atoms with Crippen molar-refractivity contribution < 1.29 is 9.90 Å². The fourth-order valence-corrected chi connectivity index (χ4v) is 1.46. The molecule has 90 valence electrons. The molecule has 3 heteroatoms. The van der Waals surface area contributed by atoms with Gasteiger partial charge in [0, 0.05) is 18.5 Å². The Balaban J connectivity index is 4.19. The second kappa shape index (κ2) is 6.83. The zero-order chi connectivity index (χ0) is 11.9. The van der Waals surface area contributed by atoms with Gasteiger partial charge in [-0.05, 0) is 6.42 Å². The van der Waals surface area contributed by atoms with Crippen LogP contribution in [0.2, 0.25) is 0 Å². The van der Waals surface area contributed by atoms with Gasteiger partial charge < -0.3 is 10.0 Å². The van der Waals surface area contributed by atoms with Gasteiger partial charge in [-0.1, -0.05) is 40.5 Å². The molecule has 0 saturated carbocycles. The lowest BCUT2D eigenvalue weighted by molar-refractivity contribution is -0.140. The van der Waals surface area contributed by atoms with Crippen molar-refractivity contribution in [3.05, 3.63) is 0 Å². The summed E-state index contributed by atoms with van der Waals surface area (Å²) in [5, 5.41) is 8.91. The van der Waals surface area contributed by atoms with Gasteiger partial charge in [-0.25, -0.2) is 0 Å². The average molecular weight is 215 g/mol. The molecule has 0 rings (SSSR count). The van der Waals surface area contributed by atoms with Crippen molar-refractivity contribution in [2.75, 3.05) is 19.7 Å². The molecule has 0 aliphatic carbocycles. The van der Waals surface area contributed by atoms with E-state index in [0.717, 1.165) is 25.8 Å². The summed E-state index contributed by atoms with van der Waals surface area (Å²) in [5.41, 5.74) is -0.346. The Labute approximate surface area is 93.5 Å². The van der Waals surface area contributed by atoms with E-state index in [2.05, 4.69) is 6.92 Å². The Bertz CT molecular complexity index is 185. The Morgan fingerprint density at radius 2 is 1.80 bits per heavy atom. The molecule has 0 heterocycles. The van der Waals surface area contributed by atoms with Gasteiger partial charge >= 0.3 is 0 Å². The number of carbonyl (C=O) groups is 1. The lowest BCUT2D eigenvalue weighted by Gasteiger charge is -2.29. The number of aliphatic hydroxyl groups is 1. The average Bonchev–Trinajstić information content (AvgIpc) is 2.14. The van der Waals surface area contributed by atoms with Crippen molar-refractivity contribution in [1.82, 2.24) is 4.90 Å². The van der Waals surface area contributed by atoms with Gasteiger partial charge in [0.1, 0.15) is 0 Å². The second-order valence-electron chi connectivity index (χ2n) is 4.97. The highest BCUT2D eigenvalue weighted by atomic mass is 16.3. The second-order valence-corrected chi connectivity index (χ2v) is 4.97. The van der Waals surface area contributed by atoms with Crippen molar-refractivity contribution in [1.29, 1.82) is 0 Å². The summed E-state index contributed by atoms with van der Waals surface area (Å²) in [5.74, 6) is 0.132. The van der Waals surface area contributed by atoms with Crippen LogP contribution in [0.3, 0.4) is 0 Å². The van der Waals surface area contributed by atoms with E-state index in [1.807, 2.05) is 20.8 Å². The van der Waals surface area contributed by atoms with Crippen LogP contribution in [0.15, 0.2) is 0 Å². The smallest absolute Gasteiger partial charge is 0.228 e. The third kappa shape index (κ3) is 5.78. The lowest BCUT2D eigenvalue weighted by Crippen LogP contribution is -2.41. The van der Waals surface area contributed by atoms with Gasteiger partial charge in [0.15, 0.2) is 0 Å². The third-order valence-corrected chi connectivity index (χ3v) is 2.33. The first-order valence-corrected chi connectivity index (χ1v) is 5.83. The number of rotatable bonds is 6. The van der Waals surface area contributed by atoms with E-state index in [1.54, 1.807) is 4.90 Å². The first kappa shape index (κ1) is 14.4. The summed E-state index contributed by atoms with van der Waals surface area (Å²) in [7, 11) is 0. The predicted molar refractivity (Wildman–Crippen MR) is 62.6 cm³/mol. The van der Waals surface area contributed by atoms with Crippen LogP contribution >= 0.6 is 0 Å². The molecular weight excluding hydrogens is 190 g/mol. The maximum Gasteiger partial charge on any atom is 0.228 e. The normalized spacial score (nSPS) is 11.5.